The van der Waals surface area contributed by atoms with Gasteiger partial charge in [-0.3, -0.25) is 14.4 Å². The zero-order chi connectivity index (χ0) is 28.6. The lowest BCUT2D eigenvalue weighted by molar-refractivity contribution is -0.117. The van der Waals surface area contributed by atoms with E-state index < -0.39 is 0 Å². The molecule has 11 heteroatoms. The molecule has 1 aromatic heterocycles. The summed E-state index contributed by atoms with van der Waals surface area (Å²) in [6.07, 6.45) is 3.36. The Morgan fingerprint density at radius 3 is 2.61 bits per heavy atom. The van der Waals surface area contributed by atoms with E-state index in [1.807, 2.05) is 35.2 Å². The number of methoxy groups -OCH3 is 1. The topological polar surface area (TPSA) is 87.1 Å². The third kappa shape index (κ3) is 7.92. The molecular weight excluding hydrogens is 567 g/mol. The van der Waals surface area contributed by atoms with Crippen LogP contribution in [-0.2, 0) is 22.6 Å². The number of nitrogens with one attached hydrogen (secondary N) is 1. The highest BCUT2D eigenvalue weighted by Crippen LogP contribution is 2.36. The maximum atomic E-state index is 13.3. The minimum atomic E-state index is -0.212. The summed E-state index contributed by atoms with van der Waals surface area (Å²) in [6, 6.07) is 18.4. The lowest BCUT2D eigenvalue weighted by Gasteiger charge is -2.23. The quantitative estimate of drug-likeness (QED) is 0.307. The highest BCUT2D eigenvalue weighted by molar-refractivity contribution is 6.31. The van der Waals surface area contributed by atoms with Crippen LogP contribution in [0.3, 0.4) is 0 Å². The van der Waals surface area contributed by atoms with Gasteiger partial charge in [0.05, 0.1) is 50.3 Å². The normalized spacial score (nSPS) is 14.9. The number of hydrogen-bond donors (Lipinski definition) is 1. The molecule has 0 radical (unpaired) electrons. The predicted octanol–water partition coefficient (Wildman–Crippen LogP) is 5.89. The molecule has 9 nitrogen and oxygen atoms in total. The summed E-state index contributed by atoms with van der Waals surface area (Å²) in [5.41, 5.74) is 2.42. The average Bonchev–Trinajstić information content (AvgIpc) is 3.36. The monoisotopic (exact) mass is 596 g/mol. The highest BCUT2D eigenvalue weighted by Gasteiger charge is 2.17. The van der Waals surface area contributed by atoms with Crippen LogP contribution in [0.2, 0.25) is 10.0 Å². The third-order valence-corrected chi connectivity index (χ3v) is 6.80. The molecule has 1 aliphatic rings. The van der Waals surface area contributed by atoms with Crippen LogP contribution >= 0.6 is 23.2 Å². The van der Waals surface area contributed by atoms with Crippen LogP contribution in [0, 0.1) is 0 Å². The van der Waals surface area contributed by atoms with Gasteiger partial charge in [-0.15, -0.1) is 0 Å². The van der Waals surface area contributed by atoms with Crippen LogP contribution in [0.15, 0.2) is 73.1 Å². The summed E-state index contributed by atoms with van der Waals surface area (Å²) in [6.45, 7) is 2.81. The Kier molecular flexibility index (Phi) is 9.63. The second-order valence-electron chi connectivity index (χ2n) is 9.41. The zero-order valence-electron chi connectivity index (χ0n) is 22.5. The molecule has 0 saturated heterocycles. The van der Waals surface area contributed by atoms with Gasteiger partial charge in [0.15, 0.2) is 17.2 Å². The number of amides is 1. The maximum Gasteiger partial charge on any atom is 0.238 e. The molecule has 1 N–H and O–H groups in total. The van der Waals surface area contributed by atoms with Crippen LogP contribution in [0.25, 0.3) is 0 Å². The van der Waals surface area contributed by atoms with Gasteiger partial charge in [0.1, 0.15) is 12.4 Å². The summed E-state index contributed by atoms with van der Waals surface area (Å²) in [5.74, 6) is 2.08. The van der Waals surface area contributed by atoms with Gasteiger partial charge in [-0.05, 0) is 48.0 Å². The van der Waals surface area contributed by atoms with E-state index >= 15 is 0 Å². The van der Waals surface area contributed by atoms with E-state index in [4.69, 9.17) is 42.1 Å². The minimum absolute atomic E-state index is 0.124. The lowest BCUT2D eigenvalue weighted by atomic mass is 10.1. The molecule has 3 aromatic carbocycles. The number of aromatic nitrogens is 2. The molecule has 4 aromatic rings. The van der Waals surface area contributed by atoms with Gasteiger partial charge in [-0.25, -0.2) is 0 Å². The first-order chi connectivity index (χ1) is 20.0. The Bertz CT molecular complexity index is 1500. The summed E-state index contributed by atoms with van der Waals surface area (Å²) in [4.78, 5) is 15.3. The molecule has 0 atom stereocenters. The molecule has 0 aliphatic carbocycles. The molecule has 0 bridgehead atoms. The van der Waals surface area contributed by atoms with Crippen molar-refractivity contribution in [3.8, 4) is 23.0 Å². The van der Waals surface area contributed by atoms with Gasteiger partial charge in [0.2, 0.25) is 5.91 Å². The Morgan fingerprint density at radius 1 is 0.951 bits per heavy atom. The molecule has 5 rings (SSSR count). The number of ether oxygens (including phenoxy) is 4. The van der Waals surface area contributed by atoms with E-state index in [9.17, 15) is 4.79 Å². The molecule has 0 spiro atoms. The standard InChI is InChI=1S/C30H30Cl2N4O5/c1-38-26-8-6-21(14-22(26)18-36-19-24(32)16-33-36)17-35-10-11-39-12-13-40-28-4-2-3-5-29(28)41-27-9-7-23(31)15-25(27)34-30(37)20-35/h2-9,14-16,19H,10-13,17-18,20H2,1H3,(H,34,37). The van der Waals surface area contributed by atoms with Crippen molar-refractivity contribution in [3.05, 3.63) is 94.2 Å². The molecular formula is C30H30Cl2N4O5. The minimum Gasteiger partial charge on any atom is -0.496 e. The highest BCUT2D eigenvalue weighted by atomic mass is 35.5. The number of anilines is 1. The number of carbonyl (C=O) groups is 1. The molecule has 41 heavy (non-hydrogen) atoms. The first-order valence-corrected chi connectivity index (χ1v) is 13.9. The Morgan fingerprint density at radius 2 is 1.80 bits per heavy atom. The summed E-state index contributed by atoms with van der Waals surface area (Å²) in [7, 11) is 1.63. The van der Waals surface area contributed by atoms with E-state index in [0.717, 1.165) is 16.9 Å². The van der Waals surface area contributed by atoms with E-state index in [2.05, 4.69) is 16.5 Å². The fourth-order valence-electron chi connectivity index (χ4n) is 4.49. The first-order valence-electron chi connectivity index (χ1n) is 13.1. The van der Waals surface area contributed by atoms with E-state index in [1.54, 1.807) is 48.5 Å². The largest absolute Gasteiger partial charge is 0.496 e. The fraction of sp³-hybridized carbons (Fsp3) is 0.267. The molecule has 2 heterocycles. The van der Waals surface area contributed by atoms with Crippen molar-refractivity contribution in [2.24, 2.45) is 0 Å². The van der Waals surface area contributed by atoms with Crippen molar-refractivity contribution in [2.45, 2.75) is 13.1 Å². The first kappa shape index (κ1) is 28.8. The van der Waals surface area contributed by atoms with Crippen LogP contribution in [0.4, 0.5) is 5.69 Å². The van der Waals surface area contributed by atoms with E-state index in [1.165, 1.54) is 0 Å². The molecule has 1 aliphatic heterocycles. The van der Waals surface area contributed by atoms with Crippen molar-refractivity contribution in [3.63, 3.8) is 0 Å². The molecule has 0 fully saturated rings. The zero-order valence-corrected chi connectivity index (χ0v) is 24.0. The number of benzene rings is 3. The van der Waals surface area contributed by atoms with Crippen LogP contribution in [-0.4, -0.2) is 60.6 Å². The van der Waals surface area contributed by atoms with Crippen LogP contribution in [0.5, 0.6) is 23.0 Å². The van der Waals surface area contributed by atoms with Gasteiger partial charge in [-0.2, -0.15) is 5.10 Å². The number of carbonyl (C=O) groups excluding carboxylic acids is 1. The van der Waals surface area contributed by atoms with Gasteiger partial charge < -0.3 is 24.3 Å². The Balaban J connectivity index is 1.36. The average molecular weight is 597 g/mol. The summed E-state index contributed by atoms with van der Waals surface area (Å²) in [5, 5.41) is 8.29. The molecule has 214 valence electrons. The second kappa shape index (κ2) is 13.7. The molecule has 0 saturated carbocycles. The predicted molar refractivity (Wildman–Crippen MR) is 158 cm³/mol. The number of nitrogens with zero attached hydrogens (tertiary/aromatic N) is 3. The third-order valence-electron chi connectivity index (χ3n) is 6.37. The van der Waals surface area contributed by atoms with E-state index in [0.29, 0.717) is 72.4 Å². The Hall–Kier alpha value is -3.76. The number of para-hydroxylation sites is 2. The van der Waals surface area contributed by atoms with Crippen molar-refractivity contribution < 1.29 is 23.7 Å². The van der Waals surface area contributed by atoms with Gasteiger partial charge >= 0.3 is 0 Å². The number of fused-ring (bicyclic) bond motifs is 2. The van der Waals surface area contributed by atoms with Crippen molar-refractivity contribution >= 4 is 34.8 Å². The Labute approximate surface area is 248 Å². The van der Waals surface area contributed by atoms with Crippen LogP contribution in [0.1, 0.15) is 11.1 Å². The van der Waals surface area contributed by atoms with Gasteiger partial charge in [-0.1, -0.05) is 41.4 Å². The maximum absolute atomic E-state index is 13.3. The van der Waals surface area contributed by atoms with Crippen LogP contribution < -0.4 is 19.5 Å². The van der Waals surface area contributed by atoms with Crippen molar-refractivity contribution in [1.29, 1.82) is 0 Å². The smallest absolute Gasteiger partial charge is 0.238 e. The second-order valence-corrected chi connectivity index (χ2v) is 10.3. The number of rotatable bonds is 5. The van der Waals surface area contributed by atoms with E-state index in [-0.39, 0.29) is 12.5 Å². The van der Waals surface area contributed by atoms with Gasteiger partial charge in [0, 0.05) is 29.9 Å². The lowest BCUT2D eigenvalue weighted by Crippen LogP contribution is -2.35. The number of hydrogen-bond acceptors (Lipinski definition) is 7. The molecule has 0 unspecified atom stereocenters. The summed E-state index contributed by atoms with van der Waals surface area (Å²) >= 11 is 12.3. The van der Waals surface area contributed by atoms with Gasteiger partial charge in [0.25, 0.3) is 0 Å². The number of halogens is 2. The fourth-order valence-corrected chi connectivity index (χ4v) is 4.81. The SMILES string of the molecule is COc1ccc(CN2CCOCCOc3ccccc3Oc3ccc(Cl)cc3NC(=O)C2)cc1Cn1cc(Cl)cn1. The molecule has 1 amide bonds. The van der Waals surface area contributed by atoms with Crippen molar-refractivity contribution in [1.82, 2.24) is 14.7 Å². The summed E-state index contributed by atoms with van der Waals surface area (Å²) < 4.78 is 25.2. The van der Waals surface area contributed by atoms with Crippen molar-refractivity contribution in [2.75, 3.05) is 45.3 Å².